The molecule has 0 saturated carbocycles. The van der Waals surface area contributed by atoms with E-state index >= 15 is 0 Å². The van der Waals surface area contributed by atoms with Crippen molar-refractivity contribution in [1.29, 1.82) is 0 Å². The van der Waals surface area contributed by atoms with Crippen LogP contribution in [-0.2, 0) is 17.4 Å². The second-order valence-corrected chi connectivity index (χ2v) is 6.24. The van der Waals surface area contributed by atoms with Gasteiger partial charge in [-0.15, -0.1) is 0 Å². The predicted molar refractivity (Wildman–Crippen MR) is 92.0 cm³/mol. The molecule has 0 bridgehead atoms. The lowest BCUT2D eigenvalue weighted by atomic mass is 9.82. The van der Waals surface area contributed by atoms with Crippen molar-refractivity contribution in [3.05, 3.63) is 69.3 Å². The van der Waals surface area contributed by atoms with E-state index in [2.05, 4.69) is 10.9 Å². The molecule has 1 aliphatic rings. The summed E-state index contributed by atoms with van der Waals surface area (Å²) >= 11 is 0. The van der Waals surface area contributed by atoms with Crippen LogP contribution in [0.15, 0.2) is 42.5 Å². The number of fused-ring (bicyclic) bond motifs is 1. The molecule has 1 amide bonds. The third kappa shape index (κ3) is 4.02. The Balaban J connectivity index is 1.77. The van der Waals surface area contributed by atoms with Gasteiger partial charge in [0.25, 0.3) is 5.69 Å². The van der Waals surface area contributed by atoms with Crippen LogP contribution >= 0.6 is 0 Å². The Bertz CT molecular complexity index is 884. The van der Waals surface area contributed by atoms with Crippen molar-refractivity contribution in [3.63, 3.8) is 0 Å². The van der Waals surface area contributed by atoms with Crippen LogP contribution in [0.3, 0.4) is 0 Å². The highest BCUT2D eigenvalue weighted by molar-refractivity contribution is 5.85. The van der Waals surface area contributed by atoms with Gasteiger partial charge in [-0.1, -0.05) is 24.3 Å². The van der Waals surface area contributed by atoms with Gasteiger partial charge in [0.05, 0.1) is 16.4 Å². The van der Waals surface area contributed by atoms with Crippen molar-refractivity contribution in [2.24, 2.45) is 0 Å². The van der Waals surface area contributed by atoms with Gasteiger partial charge in [-0.05, 0) is 42.5 Å². The molecule has 9 heteroatoms. The van der Waals surface area contributed by atoms with E-state index in [0.29, 0.717) is 12.5 Å². The molecule has 1 aliphatic carbocycles. The molecule has 6 nitrogen and oxygen atoms in total. The van der Waals surface area contributed by atoms with Crippen molar-refractivity contribution in [2.45, 2.75) is 31.4 Å². The van der Waals surface area contributed by atoms with Crippen molar-refractivity contribution in [3.8, 4) is 0 Å². The molecule has 1 atom stereocenters. The Morgan fingerprint density at radius 2 is 1.93 bits per heavy atom. The summed E-state index contributed by atoms with van der Waals surface area (Å²) in [5.74, 6) is -0.813. The fourth-order valence-electron chi connectivity index (χ4n) is 3.21. The van der Waals surface area contributed by atoms with Crippen LogP contribution in [0, 0.1) is 10.1 Å². The molecular formula is C18H16F3N3O3. The SMILES string of the molecule is O=C(NNc1ccc(C(F)(F)F)cc1[N+](=O)[O-])C1CCCc2ccccc21. The number of hydrazine groups is 1. The smallest absolute Gasteiger partial charge is 0.292 e. The van der Waals surface area contributed by atoms with E-state index in [4.69, 9.17) is 0 Å². The molecule has 0 radical (unpaired) electrons. The highest BCUT2D eigenvalue weighted by Gasteiger charge is 2.33. The van der Waals surface area contributed by atoms with E-state index in [-0.39, 0.29) is 5.69 Å². The Labute approximate surface area is 152 Å². The first kappa shape index (κ1) is 18.7. The molecule has 0 fully saturated rings. The van der Waals surface area contributed by atoms with Crippen LogP contribution in [0.25, 0.3) is 0 Å². The lowest BCUT2D eigenvalue weighted by molar-refractivity contribution is -0.384. The van der Waals surface area contributed by atoms with Gasteiger partial charge in [0, 0.05) is 6.07 Å². The van der Waals surface area contributed by atoms with Gasteiger partial charge in [-0.25, -0.2) is 0 Å². The summed E-state index contributed by atoms with van der Waals surface area (Å²) < 4.78 is 38.2. The van der Waals surface area contributed by atoms with E-state index in [9.17, 15) is 28.1 Å². The third-order valence-electron chi connectivity index (χ3n) is 4.53. The normalized spacial score (nSPS) is 16.3. The zero-order valence-corrected chi connectivity index (χ0v) is 14.0. The third-order valence-corrected chi connectivity index (χ3v) is 4.53. The number of carbonyl (C=O) groups excluding carboxylic acids is 1. The summed E-state index contributed by atoms with van der Waals surface area (Å²) in [6, 6.07) is 9.61. The number of hydrogen-bond donors (Lipinski definition) is 2. The fourth-order valence-corrected chi connectivity index (χ4v) is 3.21. The number of hydrogen-bond acceptors (Lipinski definition) is 4. The maximum Gasteiger partial charge on any atom is 0.416 e. The number of rotatable bonds is 4. The average molecular weight is 379 g/mol. The quantitative estimate of drug-likeness (QED) is 0.617. The molecule has 2 aromatic carbocycles. The van der Waals surface area contributed by atoms with E-state index in [1.54, 1.807) is 0 Å². The first-order valence-electron chi connectivity index (χ1n) is 8.26. The molecule has 0 aliphatic heterocycles. The highest BCUT2D eigenvalue weighted by Crippen LogP contribution is 2.35. The predicted octanol–water partition coefficient (Wildman–Crippen LogP) is 4.18. The van der Waals surface area contributed by atoms with Crippen molar-refractivity contribution >= 4 is 17.3 Å². The van der Waals surface area contributed by atoms with Crippen LogP contribution in [0.1, 0.15) is 35.4 Å². The highest BCUT2D eigenvalue weighted by atomic mass is 19.4. The summed E-state index contributed by atoms with van der Waals surface area (Å²) in [5, 5.41) is 11.1. The summed E-state index contributed by atoms with van der Waals surface area (Å²) in [6.07, 6.45) is -2.37. The number of nitro benzene ring substituents is 1. The lowest BCUT2D eigenvalue weighted by Crippen LogP contribution is -2.35. The maximum atomic E-state index is 12.7. The summed E-state index contributed by atoms with van der Waals surface area (Å²) in [6.45, 7) is 0. The van der Waals surface area contributed by atoms with Crippen LogP contribution in [0.2, 0.25) is 0 Å². The molecule has 27 heavy (non-hydrogen) atoms. The Hall–Kier alpha value is -3.10. The number of amides is 1. The standard InChI is InChI=1S/C18H16F3N3O3/c19-18(20,21)12-8-9-15(16(10-12)24(26)27)22-23-17(25)14-7-3-5-11-4-1-2-6-13(11)14/h1-2,4,6,8-10,14,22H,3,5,7H2,(H,23,25). The van der Waals surface area contributed by atoms with Gasteiger partial charge in [0.1, 0.15) is 5.69 Å². The van der Waals surface area contributed by atoms with E-state index in [1.165, 1.54) is 0 Å². The number of nitrogens with zero attached hydrogens (tertiary/aromatic N) is 1. The second kappa shape index (κ2) is 7.26. The van der Waals surface area contributed by atoms with E-state index in [0.717, 1.165) is 36.1 Å². The van der Waals surface area contributed by atoms with E-state index < -0.39 is 34.2 Å². The van der Waals surface area contributed by atoms with Crippen molar-refractivity contribution in [1.82, 2.24) is 5.43 Å². The molecule has 142 valence electrons. The topological polar surface area (TPSA) is 84.3 Å². The van der Waals surface area contributed by atoms with E-state index in [1.807, 2.05) is 24.3 Å². The van der Waals surface area contributed by atoms with Gasteiger partial charge in [0.2, 0.25) is 5.91 Å². The maximum absolute atomic E-state index is 12.7. The second-order valence-electron chi connectivity index (χ2n) is 6.24. The van der Waals surface area contributed by atoms with Crippen LogP contribution in [-0.4, -0.2) is 10.8 Å². The number of nitro groups is 1. The van der Waals surface area contributed by atoms with Gasteiger partial charge in [-0.2, -0.15) is 13.2 Å². The Kier molecular flexibility index (Phi) is 5.02. The van der Waals surface area contributed by atoms with Gasteiger partial charge in [-0.3, -0.25) is 25.8 Å². The van der Waals surface area contributed by atoms with Crippen molar-refractivity contribution < 1.29 is 22.9 Å². The minimum atomic E-state index is -4.70. The molecule has 3 rings (SSSR count). The largest absolute Gasteiger partial charge is 0.416 e. The average Bonchev–Trinajstić information content (AvgIpc) is 2.64. The zero-order valence-electron chi connectivity index (χ0n) is 14.0. The summed E-state index contributed by atoms with van der Waals surface area (Å²) in [5.41, 5.74) is 4.63. The molecular weight excluding hydrogens is 363 g/mol. The number of alkyl halides is 3. The first-order valence-corrected chi connectivity index (χ1v) is 8.26. The summed E-state index contributed by atoms with van der Waals surface area (Å²) in [7, 11) is 0. The number of nitrogens with one attached hydrogen (secondary N) is 2. The monoisotopic (exact) mass is 379 g/mol. The molecule has 0 saturated heterocycles. The molecule has 0 spiro atoms. The molecule has 1 unspecified atom stereocenters. The first-order chi connectivity index (χ1) is 12.8. The number of benzene rings is 2. The number of carbonyl (C=O) groups is 1. The van der Waals surface area contributed by atoms with Crippen LogP contribution < -0.4 is 10.9 Å². The zero-order chi connectivity index (χ0) is 19.6. The minimum Gasteiger partial charge on any atom is -0.292 e. The van der Waals surface area contributed by atoms with Crippen LogP contribution in [0.5, 0.6) is 0 Å². The summed E-state index contributed by atoms with van der Waals surface area (Å²) in [4.78, 5) is 22.7. The molecule has 2 N–H and O–H groups in total. The number of halogens is 3. The molecule has 0 heterocycles. The number of anilines is 1. The Morgan fingerprint density at radius 1 is 1.19 bits per heavy atom. The molecule has 2 aromatic rings. The van der Waals surface area contributed by atoms with Gasteiger partial charge < -0.3 is 0 Å². The Morgan fingerprint density at radius 3 is 2.63 bits per heavy atom. The van der Waals surface area contributed by atoms with Crippen LogP contribution in [0.4, 0.5) is 24.5 Å². The minimum absolute atomic E-state index is 0.217. The van der Waals surface area contributed by atoms with Gasteiger partial charge in [0.15, 0.2) is 0 Å². The molecule has 0 aromatic heterocycles. The van der Waals surface area contributed by atoms with Gasteiger partial charge >= 0.3 is 6.18 Å². The number of aryl methyl sites for hydroxylation is 1. The van der Waals surface area contributed by atoms with Crippen molar-refractivity contribution in [2.75, 3.05) is 5.43 Å². The fraction of sp³-hybridized carbons (Fsp3) is 0.278. The lowest BCUT2D eigenvalue weighted by Gasteiger charge is -2.24.